The van der Waals surface area contributed by atoms with E-state index in [-0.39, 0.29) is 6.10 Å². The van der Waals surface area contributed by atoms with E-state index >= 15 is 0 Å². The molecule has 1 atom stereocenters. The van der Waals surface area contributed by atoms with E-state index < -0.39 is 0 Å². The first-order chi connectivity index (χ1) is 7.77. The molecule has 0 aliphatic rings. The lowest BCUT2D eigenvalue weighted by Crippen LogP contribution is -2.05. The minimum absolute atomic E-state index is 0.259. The topological polar surface area (TPSA) is 38.0 Å². The molecular weight excluding hydrogens is 200 g/mol. The Balaban J connectivity index is 2.24. The van der Waals surface area contributed by atoms with Crippen molar-refractivity contribution in [1.82, 2.24) is 9.78 Å². The Kier molecular flexibility index (Phi) is 3.37. The number of aliphatic hydroxyl groups is 1. The van der Waals surface area contributed by atoms with E-state index in [0.717, 1.165) is 18.5 Å². The number of hydrogen-bond acceptors (Lipinski definition) is 2. The molecule has 16 heavy (non-hydrogen) atoms. The summed E-state index contributed by atoms with van der Waals surface area (Å²) in [5.74, 6) is 0. The van der Waals surface area contributed by atoms with Gasteiger partial charge in [0.1, 0.15) is 0 Å². The first-order valence-electron chi connectivity index (χ1n) is 5.53. The van der Waals surface area contributed by atoms with E-state index in [9.17, 15) is 5.11 Å². The van der Waals surface area contributed by atoms with Crippen LogP contribution in [0.1, 0.15) is 18.9 Å². The van der Waals surface area contributed by atoms with E-state index in [2.05, 4.69) is 11.2 Å². The van der Waals surface area contributed by atoms with Crippen LogP contribution in [0.3, 0.4) is 0 Å². The molecule has 0 radical (unpaired) electrons. The number of rotatable bonds is 4. The van der Waals surface area contributed by atoms with Gasteiger partial charge in [-0.1, -0.05) is 18.2 Å². The summed E-state index contributed by atoms with van der Waals surface area (Å²) >= 11 is 0. The summed E-state index contributed by atoms with van der Waals surface area (Å²) in [4.78, 5) is 0. The fourth-order valence-corrected chi connectivity index (χ4v) is 1.72. The normalized spacial score (nSPS) is 12.6. The number of aromatic nitrogens is 2. The molecule has 0 saturated heterocycles. The Bertz CT molecular complexity index is 435. The van der Waals surface area contributed by atoms with E-state index in [1.807, 2.05) is 42.1 Å². The molecule has 1 aromatic carbocycles. The van der Waals surface area contributed by atoms with E-state index in [1.165, 1.54) is 5.56 Å². The molecule has 3 heteroatoms. The van der Waals surface area contributed by atoms with E-state index in [1.54, 1.807) is 6.20 Å². The lowest BCUT2D eigenvalue weighted by Gasteiger charge is -2.10. The summed E-state index contributed by atoms with van der Waals surface area (Å²) in [6.45, 7) is 1.82. The van der Waals surface area contributed by atoms with Crippen LogP contribution in [-0.4, -0.2) is 21.0 Å². The number of hydrogen-bond donors (Lipinski definition) is 1. The second-order valence-electron chi connectivity index (χ2n) is 3.97. The van der Waals surface area contributed by atoms with Crippen LogP contribution < -0.4 is 0 Å². The monoisotopic (exact) mass is 216 g/mol. The highest BCUT2D eigenvalue weighted by Gasteiger charge is 2.05. The standard InChI is InChI=1S/C13H16N2O/c1-11(16)7-8-12-5-2-3-6-13(12)15-10-4-9-14-15/h2-6,9-11,16H,7-8H2,1H3. The SMILES string of the molecule is CC(O)CCc1ccccc1-n1cccn1. The smallest absolute Gasteiger partial charge is 0.0677 e. The fourth-order valence-electron chi connectivity index (χ4n) is 1.72. The summed E-state index contributed by atoms with van der Waals surface area (Å²) in [5, 5.41) is 13.5. The van der Waals surface area contributed by atoms with Crippen molar-refractivity contribution in [1.29, 1.82) is 0 Å². The van der Waals surface area contributed by atoms with E-state index in [0.29, 0.717) is 0 Å². The van der Waals surface area contributed by atoms with Gasteiger partial charge in [-0.05, 0) is 37.5 Å². The average Bonchev–Trinajstić information content (AvgIpc) is 2.80. The van der Waals surface area contributed by atoms with Crippen molar-refractivity contribution in [2.45, 2.75) is 25.9 Å². The number of para-hydroxylation sites is 1. The first-order valence-corrected chi connectivity index (χ1v) is 5.53. The molecule has 0 aliphatic carbocycles. The highest BCUT2D eigenvalue weighted by molar-refractivity contribution is 5.40. The van der Waals surface area contributed by atoms with Crippen molar-refractivity contribution in [3.05, 3.63) is 48.3 Å². The van der Waals surface area contributed by atoms with Gasteiger partial charge in [-0.25, -0.2) is 4.68 Å². The molecular formula is C13H16N2O. The predicted octanol–water partition coefficient (Wildman–Crippen LogP) is 2.19. The van der Waals surface area contributed by atoms with E-state index in [4.69, 9.17) is 0 Å². The Hall–Kier alpha value is -1.61. The van der Waals surface area contributed by atoms with Crippen molar-refractivity contribution in [2.24, 2.45) is 0 Å². The molecule has 2 rings (SSSR count). The van der Waals surface area contributed by atoms with Crippen molar-refractivity contribution < 1.29 is 5.11 Å². The van der Waals surface area contributed by atoms with Gasteiger partial charge in [0.15, 0.2) is 0 Å². The van der Waals surface area contributed by atoms with Gasteiger partial charge in [0.05, 0.1) is 11.8 Å². The predicted molar refractivity (Wildman–Crippen MR) is 63.6 cm³/mol. The lowest BCUT2D eigenvalue weighted by atomic mass is 10.1. The van der Waals surface area contributed by atoms with Crippen molar-refractivity contribution in [3.63, 3.8) is 0 Å². The molecule has 0 fully saturated rings. The van der Waals surface area contributed by atoms with Crippen molar-refractivity contribution in [3.8, 4) is 5.69 Å². The Morgan fingerprint density at radius 2 is 2.12 bits per heavy atom. The summed E-state index contributed by atoms with van der Waals surface area (Å²) in [6, 6.07) is 10.1. The quantitative estimate of drug-likeness (QED) is 0.850. The highest BCUT2D eigenvalue weighted by atomic mass is 16.3. The van der Waals surface area contributed by atoms with Gasteiger partial charge in [-0.3, -0.25) is 0 Å². The third kappa shape index (κ3) is 2.49. The number of aliphatic hydroxyl groups excluding tert-OH is 1. The molecule has 0 aliphatic heterocycles. The van der Waals surface area contributed by atoms with Crippen LogP contribution >= 0.6 is 0 Å². The first kappa shape index (κ1) is 10.9. The van der Waals surface area contributed by atoms with Gasteiger partial charge in [0.25, 0.3) is 0 Å². The minimum Gasteiger partial charge on any atom is -0.393 e. The average molecular weight is 216 g/mol. The molecule has 1 unspecified atom stereocenters. The molecule has 0 saturated carbocycles. The number of aryl methyl sites for hydroxylation is 1. The second-order valence-corrected chi connectivity index (χ2v) is 3.97. The van der Waals surface area contributed by atoms with Crippen LogP contribution in [0.4, 0.5) is 0 Å². The van der Waals surface area contributed by atoms with Crippen molar-refractivity contribution in [2.75, 3.05) is 0 Å². The molecule has 84 valence electrons. The maximum atomic E-state index is 9.31. The summed E-state index contributed by atoms with van der Waals surface area (Å²) in [6.07, 6.45) is 5.09. The zero-order chi connectivity index (χ0) is 11.4. The number of nitrogens with zero attached hydrogens (tertiary/aromatic N) is 2. The molecule has 1 heterocycles. The van der Waals surface area contributed by atoms with Crippen LogP contribution in [0.25, 0.3) is 5.69 Å². The molecule has 1 N–H and O–H groups in total. The summed E-state index contributed by atoms with van der Waals surface area (Å²) in [5.41, 5.74) is 2.31. The summed E-state index contributed by atoms with van der Waals surface area (Å²) < 4.78 is 1.86. The third-order valence-electron chi connectivity index (χ3n) is 2.57. The molecule has 0 bridgehead atoms. The van der Waals surface area contributed by atoms with Crippen LogP contribution in [0.15, 0.2) is 42.7 Å². The molecule has 0 spiro atoms. The highest BCUT2D eigenvalue weighted by Crippen LogP contribution is 2.15. The zero-order valence-electron chi connectivity index (χ0n) is 9.37. The van der Waals surface area contributed by atoms with Gasteiger partial charge >= 0.3 is 0 Å². The number of benzene rings is 1. The third-order valence-corrected chi connectivity index (χ3v) is 2.57. The van der Waals surface area contributed by atoms with Crippen LogP contribution in [0.5, 0.6) is 0 Å². The molecule has 0 amide bonds. The van der Waals surface area contributed by atoms with Gasteiger partial charge < -0.3 is 5.11 Å². The minimum atomic E-state index is -0.259. The van der Waals surface area contributed by atoms with Gasteiger partial charge in [-0.15, -0.1) is 0 Å². The fraction of sp³-hybridized carbons (Fsp3) is 0.308. The van der Waals surface area contributed by atoms with Gasteiger partial charge in [0.2, 0.25) is 0 Å². The summed E-state index contributed by atoms with van der Waals surface area (Å²) in [7, 11) is 0. The molecule has 1 aromatic heterocycles. The maximum absolute atomic E-state index is 9.31. The largest absolute Gasteiger partial charge is 0.393 e. The zero-order valence-corrected chi connectivity index (χ0v) is 9.37. The van der Waals surface area contributed by atoms with Crippen LogP contribution in [0.2, 0.25) is 0 Å². The Morgan fingerprint density at radius 3 is 2.81 bits per heavy atom. The molecule has 2 aromatic rings. The Morgan fingerprint density at radius 1 is 1.31 bits per heavy atom. The van der Waals surface area contributed by atoms with Crippen LogP contribution in [0, 0.1) is 0 Å². The lowest BCUT2D eigenvalue weighted by molar-refractivity contribution is 0.185. The second kappa shape index (κ2) is 4.94. The molecule has 3 nitrogen and oxygen atoms in total. The van der Waals surface area contributed by atoms with Gasteiger partial charge in [0, 0.05) is 12.4 Å². The Labute approximate surface area is 95.3 Å². The van der Waals surface area contributed by atoms with Crippen molar-refractivity contribution >= 4 is 0 Å². The van der Waals surface area contributed by atoms with Crippen LogP contribution in [-0.2, 0) is 6.42 Å². The maximum Gasteiger partial charge on any atom is 0.0677 e. The van der Waals surface area contributed by atoms with Gasteiger partial charge in [-0.2, -0.15) is 5.10 Å².